The lowest BCUT2D eigenvalue weighted by atomic mass is 9.47. The Hall–Kier alpha value is -2.44. The molecule has 4 aliphatic rings. The number of nitrogens with one attached hydrogen (secondary N) is 1. The molecule has 144 valence electrons. The van der Waals surface area contributed by atoms with Crippen molar-refractivity contribution >= 4 is 17.6 Å². The quantitative estimate of drug-likeness (QED) is 0.486. The maximum atomic E-state index is 12.8. The molecular formula is C20H24N2O5. The molecule has 7 heteroatoms. The Morgan fingerprint density at radius 1 is 1.11 bits per heavy atom. The number of non-ortho nitro benzene ring substituents is 1. The fourth-order valence-electron chi connectivity index (χ4n) is 6.06. The number of carbonyl (C=O) groups is 2. The van der Waals surface area contributed by atoms with Crippen LogP contribution in [0.1, 0.15) is 48.9 Å². The van der Waals surface area contributed by atoms with Gasteiger partial charge in [0, 0.05) is 23.1 Å². The highest BCUT2D eigenvalue weighted by Gasteiger charge is 2.56. The van der Waals surface area contributed by atoms with Crippen molar-refractivity contribution < 1.29 is 19.2 Å². The summed E-state index contributed by atoms with van der Waals surface area (Å²) in [7, 11) is 1.36. The van der Waals surface area contributed by atoms with E-state index in [-0.39, 0.29) is 11.1 Å². The standard InChI is InChI=1S/C20H24N2O5/c1-27-19(24)17(20-9-12-6-13(10-20)8-14(7-12)11-20)21-18(23)15-2-4-16(5-3-15)22(25)26/h2-5,12-14,17H,6-11H2,1H3,(H,21,23)/t12?,13?,14?,17-,20?/m0/s1. The molecule has 0 unspecified atom stereocenters. The lowest BCUT2D eigenvalue weighted by Gasteiger charge is -2.58. The maximum Gasteiger partial charge on any atom is 0.328 e. The fraction of sp³-hybridized carbons (Fsp3) is 0.600. The van der Waals surface area contributed by atoms with Gasteiger partial charge in [-0.15, -0.1) is 0 Å². The van der Waals surface area contributed by atoms with Gasteiger partial charge in [-0.3, -0.25) is 14.9 Å². The predicted octanol–water partition coefficient (Wildman–Crippen LogP) is 3.08. The van der Waals surface area contributed by atoms with Crippen molar-refractivity contribution in [3.8, 4) is 0 Å². The monoisotopic (exact) mass is 372 g/mol. The summed E-state index contributed by atoms with van der Waals surface area (Å²) in [5, 5.41) is 13.7. The first-order valence-corrected chi connectivity index (χ1v) is 9.53. The van der Waals surface area contributed by atoms with Crippen LogP contribution < -0.4 is 5.32 Å². The zero-order valence-corrected chi connectivity index (χ0v) is 15.3. The van der Waals surface area contributed by atoms with Crippen LogP contribution >= 0.6 is 0 Å². The molecule has 4 saturated carbocycles. The fourth-order valence-corrected chi connectivity index (χ4v) is 6.06. The van der Waals surface area contributed by atoms with Crippen molar-refractivity contribution in [1.82, 2.24) is 5.32 Å². The third-order valence-corrected chi connectivity index (χ3v) is 6.75. The van der Waals surface area contributed by atoms with Crippen molar-refractivity contribution in [1.29, 1.82) is 0 Å². The van der Waals surface area contributed by atoms with E-state index in [1.807, 2.05) is 0 Å². The third kappa shape index (κ3) is 3.19. The Morgan fingerprint density at radius 3 is 2.07 bits per heavy atom. The molecule has 4 fully saturated rings. The van der Waals surface area contributed by atoms with Gasteiger partial charge in [-0.05, 0) is 68.4 Å². The zero-order chi connectivity index (χ0) is 19.2. The summed E-state index contributed by atoms with van der Waals surface area (Å²) in [5.41, 5.74) is 0.00883. The molecule has 1 atom stereocenters. The number of carbonyl (C=O) groups excluding carboxylic acids is 2. The Labute approximate surface area is 157 Å². The number of nitro groups is 1. The average molecular weight is 372 g/mol. The van der Waals surface area contributed by atoms with Gasteiger partial charge >= 0.3 is 5.97 Å². The molecule has 1 aromatic carbocycles. The van der Waals surface area contributed by atoms with Gasteiger partial charge < -0.3 is 10.1 Å². The summed E-state index contributed by atoms with van der Waals surface area (Å²) in [6.45, 7) is 0. The van der Waals surface area contributed by atoms with Crippen LogP contribution in [0.25, 0.3) is 0 Å². The Balaban J connectivity index is 1.57. The summed E-state index contributed by atoms with van der Waals surface area (Å²) in [5.74, 6) is 1.13. The first-order chi connectivity index (χ1) is 12.9. The molecule has 4 aliphatic carbocycles. The second-order valence-electron chi connectivity index (χ2n) is 8.51. The molecule has 4 bridgehead atoms. The molecule has 0 radical (unpaired) electrons. The highest BCUT2D eigenvalue weighted by atomic mass is 16.6. The second kappa shape index (κ2) is 6.62. The van der Waals surface area contributed by atoms with Crippen molar-refractivity contribution in [2.45, 2.75) is 44.6 Å². The Kier molecular flexibility index (Phi) is 4.40. The molecule has 5 rings (SSSR count). The number of hydrogen-bond donors (Lipinski definition) is 1. The van der Waals surface area contributed by atoms with E-state index >= 15 is 0 Å². The minimum absolute atomic E-state index is 0.0721. The minimum Gasteiger partial charge on any atom is -0.467 e. The van der Waals surface area contributed by atoms with Crippen LogP contribution in [0.5, 0.6) is 0 Å². The number of benzene rings is 1. The largest absolute Gasteiger partial charge is 0.467 e. The van der Waals surface area contributed by atoms with Crippen LogP contribution in [-0.4, -0.2) is 30.0 Å². The zero-order valence-electron chi connectivity index (χ0n) is 15.3. The van der Waals surface area contributed by atoms with Gasteiger partial charge in [0.15, 0.2) is 0 Å². The van der Waals surface area contributed by atoms with E-state index in [1.165, 1.54) is 50.6 Å². The molecule has 0 heterocycles. The highest BCUT2D eigenvalue weighted by Crippen LogP contribution is 2.61. The van der Waals surface area contributed by atoms with Crippen molar-refractivity contribution in [2.75, 3.05) is 7.11 Å². The number of methoxy groups -OCH3 is 1. The summed E-state index contributed by atoms with van der Waals surface area (Å²) < 4.78 is 5.05. The predicted molar refractivity (Wildman–Crippen MR) is 97.0 cm³/mol. The summed E-state index contributed by atoms with van der Waals surface area (Å²) in [6.07, 6.45) is 6.59. The van der Waals surface area contributed by atoms with Gasteiger partial charge in [-0.2, -0.15) is 0 Å². The van der Waals surface area contributed by atoms with E-state index < -0.39 is 22.8 Å². The Morgan fingerprint density at radius 2 is 1.63 bits per heavy atom. The molecule has 1 aromatic rings. The molecule has 0 spiro atoms. The van der Waals surface area contributed by atoms with Gasteiger partial charge in [0.05, 0.1) is 12.0 Å². The van der Waals surface area contributed by atoms with Gasteiger partial charge in [0.1, 0.15) is 6.04 Å². The SMILES string of the molecule is COC(=O)[C@H](NC(=O)c1ccc([N+](=O)[O-])cc1)C12CC3CC(CC(C3)C1)C2. The van der Waals surface area contributed by atoms with Crippen LogP contribution in [0.3, 0.4) is 0 Å². The van der Waals surface area contributed by atoms with Crippen LogP contribution in [0.15, 0.2) is 24.3 Å². The maximum absolute atomic E-state index is 12.8. The van der Waals surface area contributed by atoms with E-state index in [2.05, 4.69) is 5.32 Å². The molecular weight excluding hydrogens is 348 g/mol. The minimum atomic E-state index is -0.668. The lowest BCUT2D eigenvalue weighted by Crippen LogP contribution is -2.60. The van der Waals surface area contributed by atoms with Crippen LogP contribution in [0, 0.1) is 33.3 Å². The summed E-state index contributed by atoms with van der Waals surface area (Å²) >= 11 is 0. The second-order valence-corrected chi connectivity index (χ2v) is 8.51. The van der Waals surface area contributed by atoms with Gasteiger partial charge in [0.25, 0.3) is 11.6 Å². The number of hydrogen-bond acceptors (Lipinski definition) is 5. The number of amides is 1. The molecule has 1 N–H and O–H groups in total. The van der Waals surface area contributed by atoms with Gasteiger partial charge in [0.2, 0.25) is 0 Å². The van der Waals surface area contributed by atoms with E-state index in [9.17, 15) is 19.7 Å². The van der Waals surface area contributed by atoms with Gasteiger partial charge in [-0.25, -0.2) is 4.79 Å². The van der Waals surface area contributed by atoms with Crippen molar-refractivity contribution in [3.05, 3.63) is 39.9 Å². The molecule has 0 saturated heterocycles. The van der Waals surface area contributed by atoms with E-state index in [0.717, 1.165) is 19.3 Å². The normalized spacial score (nSPS) is 32.0. The lowest BCUT2D eigenvalue weighted by molar-refractivity contribution is -0.384. The number of nitrogens with zero attached hydrogens (tertiary/aromatic N) is 1. The summed E-state index contributed by atoms with van der Waals surface area (Å²) in [6, 6.07) is 4.77. The first kappa shape index (κ1) is 17.9. The molecule has 7 nitrogen and oxygen atoms in total. The number of esters is 1. The molecule has 1 amide bonds. The van der Waals surface area contributed by atoms with Crippen LogP contribution in [-0.2, 0) is 9.53 Å². The number of nitro benzene ring substituents is 1. The first-order valence-electron chi connectivity index (χ1n) is 9.53. The third-order valence-electron chi connectivity index (χ3n) is 6.75. The number of ether oxygens (including phenoxy) is 1. The topological polar surface area (TPSA) is 98.5 Å². The van der Waals surface area contributed by atoms with E-state index in [4.69, 9.17) is 4.74 Å². The average Bonchev–Trinajstić information content (AvgIpc) is 2.64. The van der Waals surface area contributed by atoms with E-state index in [0.29, 0.717) is 23.3 Å². The molecule has 27 heavy (non-hydrogen) atoms. The molecule has 0 aliphatic heterocycles. The highest BCUT2D eigenvalue weighted by molar-refractivity contribution is 5.97. The van der Waals surface area contributed by atoms with Crippen molar-refractivity contribution in [3.63, 3.8) is 0 Å². The number of rotatable bonds is 5. The van der Waals surface area contributed by atoms with E-state index in [1.54, 1.807) is 0 Å². The van der Waals surface area contributed by atoms with Crippen LogP contribution in [0.4, 0.5) is 5.69 Å². The van der Waals surface area contributed by atoms with Crippen LogP contribution in [0.2, 0.25) is 0 Å². The smallest absolute Gasteiger partial charge is 0.328 e. The van der Waals surface area contributed by atoms with Crippen molar-refractivity contribution in [2.24, 2.45) is 23.2 Å². The Bertz CT molecular complexity index is 738. The summed E-state index contributed by atoms with van der Waals surface area (Å²) in [4.78, 5) is 35.7. The van der Waals surface area contributed by atoms with Gasteiger partial charge in [-0.1, -0.05) is 0 Å². The molecule has 0 aromatic heterocycles.